The van der Waals surface area contributed by atoms with Crippen molar-refractivity contribution in [3.05, 3.63) is 0 Å². The van der Waals surface area contributed by atoms with E-state index in [1.54, 1.807) is 11.8 Å². The Morgan fingerprint density at radius 3 is 2.12 bits per heavy atom. The van der Waals surface area contributed by atoms with E-state index in [0.717, 1.165) is 5.75 Å². The number of hydrogen-bond acceptors (Lipinski definition) is 7. The van der Waals surface area contributed by atoms with Crippen molar-refractivity contribution >= 4 is 47.5 Å². The first-order valence-corrected chi connectivity index (χ1v) is 9.46. The molecule has 0 aromatic heterocycles. The minimum atomic E-state index is -1.30. The Morgan fingerprint density at radius 2 is 1.77 bits per heavy atom. The van der Waals surface area contributed by atoms with Crippen LogP contribution in [0, 0.1) is 0 Å². The molecule has 1 aliphatic heterocycles. The third-order valence-corrected chi connectivity index (χ3v) is 3.97. The second-order valence-electron chi connectivity index (χ2n) is 4.46. The third kappa shape index (κ3) is 16.2. The van der Waals surface area contributed by atoms with Crippen molar-refractivity contribution in [1.82, 2.24) is 16.0 Å². The number of carboxylic acids is 1. The number of carbonyl (C=O) groups is 4. The van der Waals surface area contributed by atoms with Crippen molar-refractivity contribution in [2.45, 2.75) is 39.8 Å². The summed E-state index contributed by atoms with van der Waals surface area (Å²) in [7, 11) is 0. The van der Waals surface area contributed by atoms with Crippen molar-refractivity contribution in [3.8, 4) is 0 Å². The molecule has 1 rings (SSSR count). The van der Waals surface area contributed by atoms with Crippen LogP contribution in [0.1, 0.15) is 27.7 Å². The number of hydrogen-bond donors (Lipinski definition) is 4. The molecule has 0 bridgehead atoms. The molecule has 1 aliphatic rings. The molecule has 0 saturated carbocycles. The molecule has 148 valence electrons. The van der Waals surface area contributed by atoms with Crippen molar-refractivity contribution in [2.75, 3.05) is 24.0 Å². The maximum absolute atomic E-state index is 10.9. The maximum atomic E-state index is 10.9. The summed E-state index contributed by atoms with van der Waals surface area (Å²) in [4.78, 5) is 42.1. The zero-order valence-corrected chi connectivity index (χ0v) is 18.7. The van der Waals surface area contributed by atoms with Gasteiger partial charge in [0, 0.05) is 0 Å². The Hall–Kier alpha value is 0.0164. The Bertz CT molecular complexity index is 444. The summed E-state index contributed by atoms with van der Waals surface area (Å²) in [6.07, 6.45) is 4.84. The van der Waals surface area contributed by atoms with Gasteiger partial charge in [-0.15, -0.1) is 0 Å². The molecule has 0 radical (unpaired) electrons. The standard InChI is InChI=1S/C6H12N2O3S.C6H10N2O2S.2CH4.K/c1-12-3-2-4(5(9)10)8-6(7)11;1-11-3-2-4-5(9)8-6(10)7-4;;;/h4H,2-3H2,1H3,(H,9,10)(H3,7,8,11);4H,2-3H2,1H3,(H2,7,8,9,10);2*1H4;/q;;;;+1/p-1. The summed E-state index contributed by atoms with van der Waals surface area (Å²) in [5, 5.41) is 17.1. The van der Waals surface area contributed by atoms with Gasteiger partial charge in [-0.25, -0.2) is 9.59 Å². The molecule has 1 saturated heterocycles. The predicted molar refractivity (Wildman–Crippen MR) is 101 cm³/mol. The predicted octanol–water partition coefficient (Wildman–Crippen LogP) is -3.25. The van der Waals surface area contributed by atoms with Gasteiger partial charge < -0.3 is 26.3 Å². The van der Waals surface area contributed by atoms with Crippen LogP contribution in [-0.4, -0.2) is 60.0 Å². The third-order valence-electron chi connectivity index (χ3n) is 2.68. The van der Waals surface area contributed by atoms with Gasteiger partial charge in [0.1, 0.15) is 6.04 Å². The van der Waals surface area contributed by atoms with Gasteiger partial charge in [-0.1, -0.05) is 14.9 Å². The van der Waals surface area contributed by atoms with Crippen molar-refractivity contribution < 1.29 is 75.7 Å². The molecule has 12 heteroatoms. The fourth-order valence-corrected chi connectivity index (χ4v) is 2.50. The maximum Gasteiger partial charge on any atom is 1.00 e. The molecule has 1 fully saturated rings. The summed E-state index contributed by atoms with van der Waals surface area (Å²) in [5.41, 5.74) is 4.75. The summed E-state index contributed by atoms with van der Waals surface area (Å²) < 4.78 is 0. The van der Waals surface area contributed by atoms with Gasteiger partial charge in [-0.05, 0) is 36.9 Å². The van der Waals surface area contributed by atoms with E-state index in [1.807, 2.05) is 12.5 Å². The van der Waals surface area contributed by atoms with Crippen LogP contribution in [0.15, 0.2) is 0 Å². The van der Waals surface area contributed by atoms with Crippen LogP contribution in [0.4, 0.5) is 9.59 Å². The van der Waals surface area contributed by atoms with Gasteiger partial charge in [-0.2, -0.15) is 23.5 Å². The fourth-order valence-electron chi connectivity index (χ4n) is 1.55. The summed E-state index contributed by atoms with van der Waals surface area (Å²) >= 11 is 3.15. The van der Waals surface area contributed by atoms with Crippen LogP contribution < -0.4 is 78.2 Å². The molecule has 26 heavy (non-hydrogen) atoms. The molecule has 0 aromatic rings. The van der Waals surface area contributed by atoms with Crippen LogP contribution in [0.5, 0.6) is 0 Å². The van der Waals surface area contributed by atoms with Crippen LogP contribution in [0.25, 0.3) is 0 Å². The van der Waals surface area contributed by atoms with Crippen molar-refractivity contribution in [2.24, 2.45) is 5.73 Å². The van der Waals surface area contributed by atoms with Gasteiger partial charge in [0.05, 0.1) is 12.0 Å². The number of nitrogens with two attached hydrogens (primary N) is 1. The molecule has 1 heterocycles. The topological polar surface area (TPSA) is 153 Å². The zero-order valence-electron chi connectivity index (χ0n) is 13.9. The van der Waals surface area contributed by atoms with Crippen LogP contribution in [0.3, 0.4) is 0 Å². The van der Waals surface area contributed by atoms with Crippen LogP contribution >= 0.6 is 23.5 Å². The number of carboxylic acid groups (broad SMARTS) is 1. The average Bonchev–Trinajstić information content (AvgIpc) is 2.79. The van der Waals surface area contributed by atoms with Crippen LogP contribution in [0.2, 0.25) is 0 Å². The van der Waals surface area contributed by atoms with E-state index in [0.29, 0.717) is 18.6 Å². The molecule has 0 spiro atoms. The molecule has 0 aromatic carbocycles. The number of carbonyl (C=O) groups excluding carboxylic acids is 4. The molecule has 5 N–H and O–H groups in total. The summed E-state index contributed by atoms with van der Waals surface area (Å²) in [5.74, 6) is 0.0176. The average molecular weight is 437 g/mol. The van der Waals surface area contributed by atoms with E-state index >= 15 is 0 Å². The van der Waals surface area contributed by atoms with E-state index < -0.39 is 18.0 Å². The Balaban J connectivity index is -0.000000167. The van der Waals surface area contributed by atoms with Crippen molar-refractivity contribution in [3.63, 3.8) is 0 Å². The first-order chi connectivity index (χ1) is 10.8. The van der Waals surface area contributed by atoms with Crippen LogP contribution in [-0.2, 0) is 9.59 Å². The monoisotopic (exact) mass is 436 g/mol. The Kier molecular flexibility index (Phi) is 25.5. The minimum Gasteiger partial charge on any atom is -0.548 e. The number of amides is 5. The number of imide groups is 1. The second-order valence-corrected chi connectivity index (χ2v) is 6.43. The van der Waals surface area contributed by atoms with Gasteiger partial charge in [0.2, 0.25) is 0 Å². The quantitative estimate of drug-likeness (QED) is 0.230. The van der Waals surface area contributed by atoms with E-state index in [4.69, 9.17) is 5.73 Å². The fraction of sp³-hybridized carbons (Fsp3) is 0.714. The van der Waals surface area contributed by atoms with E-state index in [1.165, 1.54) is 11.8 Å². The first-order valence-electron chi connectivity index (χ1n) is 6.67. The molecule has 2 unspecified atom stereocenters. The van der Waals surface area contributed by atoms with Crippen molar-refractivity contribution in [1.29, 1.82) is 0 Å². The largest absolute Gasteiger partial charge is 1.00 e. The Morgan fingerprint density at radius 1 is 1.23 bits per heavy atom. The minimum absolute atomic E-state index is 0. The Labute approximate surface area is 206 Å². The number of urea groups is 2. The summed E-state index contributed by atoms with van der Waals surface area (Å²) in [6, 6.07) is -2.50. The number of primary amides is 1. The second kappa shape index (κ2) is 19.8. The van der Waals surface area contributed by atoms with Gasteiger partial charge in [-0.3, -0.25) is 10.1 Å². The zero-order chi connectivity index (χ0) is 17.8. The normalized spacial score (nSPS) is 15.4. The van der Waals surface area contributed by atoms with Gasteiger partial charge >= 0.3 is 63.4 Å². The molecule has 5 amide bonds. The molecular weight excluding hydrogens is 407 g/mol. The number of aliphatic carboxylic acids is 1. The van der Waals surface area contributed by atoms with E-state index in [2.05, 4.69) is 16.0 Å². The summed E-state index contributed by atoms with van der Waals surface area (Å²) in [6.45, 7) is 0. The molecule has 2 atom stereocenters. The van der Waals surface area contributed by atoms with Gasteiger partial charge in [0.15, 0.2) is 0 Å². The van der Waals surface area contributed by atoms with Gasteiger partial charge in [0.25, 0.3) is 5.91 Å². The molecular formula is C14H29KN4O5S2. The smallest absolute Gasteiger partial charge is 0.548 e. The molecule has 9 nitrogen and oxygen atoms in total. The van der Waals surface area contributed by atoms with E-state index in [9.17, 15) is 24.3 Å². The molecule has 0 aliphatic carbocycles. The first kappa shape index (κ1) is 33.6. The number of thioether (sulfide) groups is 2. The van der Waals surface area contributed by atoms with E-state index in [-0.39, 0.29) is 84.2 Å². The number of nitrogens with one attached hydrogen (secondary N) is 3. The number of rotatable bonds is 8. The SMILES string of the molecule is C.C.CSCCC(NC(N)=O)C(=O)[O-].CSCCC1NC(=O)NC1=O.[K+].